The van der Waals surface area contributed by atoms with Crippen molar-refractivity contribution in [2.45, 2.75) is 39.2 Å². The van der Waals surface area contributed by atoms with Crippen LogP contribution in [-0.4, -0.2) is 34.2 Å². The summed E-state index contributed by atoms with van der Waals surface area (Å²) in [5.74, 6) is 0.678. The van der Waals surface area contributed by atoms with Crippen LogP contribution in [0.25, 0.3) is 0 Å². The van der Waals surface area contributed by atoms with E-state index in [1.807, 2.05) is 50.2 Å². The van der Waals surface area contributed by atoms with Gasteiger partial charge in [-0.3, -0.25) is 9.10 Å². The predicted octanol–water partition coefficient (Wildman–Crippen LogP) is 3.82. The van der Waals surface area contributed by atoms with Gasteiger partial charge in [0.15, 0.2) is 0 Å². The number of carbonyl (C=O) groups is 1. The van der Waals surface area contributed by atoms with Crippen LogP contribution in [0.1, 0.15) is 43.4 Å². The summed E-state index contributed by atoms with van der Waals surface area (Å²) < 4.78 is 30.9. The second kappa shape index (κ2) is 10.3. The quantitative estimate of drug-likeness (QED) is 0.636. The molecule has 0 heterocycles. The van der Waals surface area contributed by atoms with Crippen LogP contribution in [0.4, 0.5) is 5.69 Å². The van der Waals surface area contributed by atoms with E-state index in [2.05, 4.69) is 5.32 Å². The lowest BCUT2D eigenvalue weighted by molar-refractivity contribution is -0.121. The van der Waals surface area contributed by atoms with Crippen LogP contribution in [0, 0.1) is 6.92 Å². The average molecular weight is 419 g/mol. The second-order valence-corrected chi connectivity index (χ2v) is 8.98. The first-order chi connectivity index (χ1) is 13.7. The van der Waals surface area contributed by atoms with Gasteiger partial charge in [0, 0.05) is 13.0 Å². The van der Waals surface area contributed by atoms with Crippen molar-refractivity contribution in [3.05, 3.63) is 59.7 Å². The summed E-state index contributed by atoms with van der Waals surface area (Å²) in [4.78, 5) is 12.4. The molecule has 1 amide bonds. The number of hydrogen-bond acceptors (Lipinski definition) is 4. The minimum atomic E-state index is -3.42. The predicted molar refractivity (Wildman–Crippen MR) is 117 cm³/mol. The van der Waals surface area contributed by atoms with E-state index in [0.717, 1.165) is 23.3 Å². The number of hydrogen-bond donors (Lipinski definition) is 1. The van der Waals surface area contributed by atoms with E-state index < -0.39 is 10.0 Å². The van der Waals surface area contributed by atoms with Crippen molar-refractivity contribution in [3.8, 4) is 5.75 Å². The van der Waals surface area contributed by atoms with E-state index in [1.54, 1.807) is 19.2 Å². The van der Waals surface area contributed by atoms with Crippen LogP contribution < -0.4 is 14.4 Å². The number of amides is 1. The summed E-state index contributed by atoms with van der Waals surface area (Å²) in [5, 5.41) is 3.03. The molecule has 1 atom stereocenters. The van der Waals surface area contributed by atoms with E-state index in [9.17, 15) is 13.2 Å². The molecule has 7 heteroatoms. The molecule has 0 fully saturated rings. The van der Waals surface area contributed by atoms with Gasteiger partial charge in [-0.2, -0.15) is 0 Å². The normalized spacial score (nSPS) is 12.3. The molecule has 0 aliphatic carbocycles. The van der Waals surface area contributed by atoms with E-state index in [4.69, 9.17) is 4.74 Å². The monoisotopic (exact) mass is 418 g/mol. The van der Waals surface area contributed by atoms with Crippen LogP contribution in [0.5, 0.6) is 5.75 Å². The van der Waals surface area contributed by atoms with Crippen molar-refractivity contribution < 1.29 is 17.9 Å². The SMILES string of the molecule is CCC(NC(=O)CCCN(c1ccc(C)cc1)S(C)(=O)=O)c1ccc(OC)cc1. The average Bonchev–Trinajstić information content (AvgIpc) is 2.69. The Morgan fingerprint density at radius 2 is 1.72 bits per heavy atom. The Labute approximate surface area is 173 Å². The van der Waals surface area contributed by atoms with Crippen LogP contribution in [-0.2, 0) is 14.8 Å². The zero-order chi connectivity index (χ0) is 21.4. The molecule has 1 N–H and O–H groups in total. The number of sulfonamides is 1. The molecule has 0 spiro atoms. The summed E-state index contributed by atoms with van der Waals surface area (Å²) in [5.41, 5.74) is 2.69. The van der Waals surface area contributed by atoms with Gasteiger partial charge in [0.1, 0.15) is 5.75 Å². The van der Waals surface area contributed by atoms with Gasteiger partial charge < -0.3 is 10.1 Å². The lowest BCUT2D eigenvalue weighted by Gasteiger charge is -2.23. The highest BCUT2D eigenvalue weighted by molar-refractivity contribution is 7.92. The third-order valence-electron chi connectivity index (χ3n) is 4.75. The summed E-state index contributed by atoms with van der Waals surface area (Å²) in [6.45, 7) is 4.22. The molecule has 0 aromatic heterocycles. The van der Waals surface area contributed by atoms with E-state index in [-0.39, 0.29) is 24.9 Å². The number of methoxy groups -OCH3 is 1. The highest BCUT2D eigenvalue weighted by Gasteiger charge is 2.18. The van der Waals surface area contributed by atoms with Crippen molar-refractivity contribution in [3.63, 3.8) is 0 Å². The summed E-state index contributed by atoms with van der Waals surface area (Å²) >= 11 is 0. The number of ether oxygens (including phenoxy) is 1. The summed E-state index contributed by atoms with van der Waals surface area (Å²) in [7, 11) is -1.80. The molecule has 6 nitrogen and oxygen atoms in total. The Morgan fingerprint density at radius 1 is 1.10 bits per heavy atom. The second-order valence-electron chi connectivity index (χ2n) is 7.08. The Balaban J connectivity index is 1.94. The number of nitrogens with zero attached hydrogens (tertiary/aromatic N) is 1. The number of anilines is 1. The first-order valence-corrected chi connectivity index (χ1v) is 11.6. The Morgan fingerprint density at radius 3 is 2.24 bits per heavy atom. The minimum absolute atomic E-state index is 0.0866. The molecule has 2 rings (SSSR count). The van der Waals surface area contributed by atoms with Crippen molar-refractivity contribution >= 4 is 21.6 Å². The fourth-order valence-corrected chi connectivity index (χ4v) is 4.07. The highest BCUT2D eigenvalue weighted by atomic mass is 32.2. The molecular formula is C22H30N2O4S. The molecule has 0 radical (unpaired) electrons. The lowest BCUT2D eigenvalue weighted by atomic mass is 10.0. The molecule has 2 aromatic rings. The molecule has 1 unspecified atom stereocenters. The van der Waals surface area contributed by atoms with Crippen LogP contribution in [0.3, 0.4) is 0 Å². The zero-order valence-corrected chi connectivity index (χ0v) is 18.3. The molecular weight excluding hydrogens is 388 g/mol. The summed E-state index contributed by atoms with van der Waals surface area (Å²) in [6.07, 6.45) is 2.64. The van der Waals surface area contributed by atoms with Gasteiger partial charge in [-0.05, 0) is 49.6 Å². The number of benzene rings is 2. The highest BCUT2D eigenvalue weighted by Crippen LogP contribution is 2.21. The third-order valence-corrected chi connectivity index (χ3v) is 5.94. The topological polar surface area (TPSA) is 75.7 Å². The van der Waals surface area contributed by atoms with Crippen LogP contribution in [0.2, 0.25) is 0 Å². The van der Waals surface area contributed by atoms with Gasteiger partial charge >= 0.3 is 0 Å². The van der Waals surface area contributed by atoms with Crippen molar-refractivity contribution in [2.75, 3.05) is 24.2 Å². The molecule has 29 heavy (non-hydrogen) atoms. The lowest BCUT2D eigenvalue weighted by Crippen LogP contribution is -2.33. The van der Waals surface area contributed by atoms with Crippen LogP contribution >= 0.6 is 0 Å². The number of carbonyl (C=O) groups excluding carboxylic acids is 1. The molecule has 0 saturated heterocycles. The first-order valence-electron chi connectivity index (χ1n) is 9.72. The molecule has 158 valence electrons. The van der Waals surface area contributed by atoms with Gasteiger partial charge in [-0.25, -0.2) is 8.42 Å². The fraction of sp³-hybridized carbons (Fsp3) is 0.409. The van der Waals surface area contributed by atoms with Crippen molar-refractivity contribution in [1.29, 1.82) is 0 Å². The molecule has 2 aromatic carbocycles. The van der Waals surface area contributed by atoms with Crippen molar-refractivity contribution in [1.82, 2.24) is 5.32 Å². The summed E-state index contributed by atoms with van der Waals surface area (Å²) in [6, 6.07) is 14.9. The Kier molecular flexibility index (Phi) is 8.08. The Bertz CT molecular complexity index is 893. The maximum Gasteiger partial charge on any atom is 0.232 e. The van der Waals surface area contributed by atoms with Gasteiger partial charge in [0.05, 0.1) is 25.1 Å². The third kappa shape index (κ3) is 6.78. The van der Waals surface area contributed by atoms with Gasteiger partial charge in [0.25, 0.3) is 0 Å². The van der Waals surface area contributed by atoms with Crippen LogP contribution in [0.15, 0.2) is 48.5 Å². The Hall–Kier alpha value is -2.54. The number of nitrogens with one attached hydrogen (secondary N) is 1. The fourth-order valence-electron chi connectivity index (χ4n) is 3.10. The van der Waals surface area contributed by atoms with Gasteiger partial charge in [-0.1, -0.05) is 36.8 Å². The minimum Gasteiger partial charge on any atom is -0.497 e. The maximum absolute atomic E-state index is 12.4. The smallest absolute Gasteiger partial charge is 0.232 e. The number of rotatable bonds is 10. The van der Waals surface area contributed by atoms with E-state index >= 15 is 0 Å². The first kappa shape index (κ1) is 22.7. The molecule has 0 aliphatic heterocycles. The van der Waals surface area contributed by atoms with Gasteiger partial charge in [-0.15, -0.1) is 0 Å². The van der Waals surface area contributed by atoms with Crippen molar-refractivity contribution in [2.24, 2.45) is 0 Å². The molecule has 0 bridgehead atoms. The molecule has 0 aliphatic rings. The standard InChI is InChI=1S/C22H30N2O4S/c1-5-21(18-10-14-20(28-3)15-11-18)23-22(25)7-6-16-24(29(4,26)27)19-12-8-17(2)9-13-19/h8-15,21H,5-7,16H2,1-4H3,(H,23,25). The van der Waals surface area contributed by atoms with E-state index in [0.29, 0.717) is 12.1 Å². The zero-order valence-electron chi connectivity index (χ0n) is 17.5. The van der Waals surface area contributed by atoms with E-state index in [1.165, 1.54) is 10.6 Å². The molecule has 0 saturated carbocycles. The maximum atomic E-state index is 12.4. The number of aryl methyl sites for hydroxylation is 1. The van der Waals surface area contributed by atoms with Gasteiger partial charge in [0.2, 0.25) is 15.9 Å². The largest absolute Gasteiger partial charge is 0.497 e.